The van der Waals surface area contributed by atoms with Gasteiger partial charge >= 0.3 is 0 Å². The fraction of sp³-hybridized carbons (Fsp3) is 0.556. The zero-order chi connectivity index (χ0) is 12.4. The summed E-state index contributed by atoms with van der Waals surface area (Å²) in [4.78, 5) is 4.16. The lowest BCUT2D eigenvalue weighted by Gasteiger charge is -2.14. The van der Waals surface area contributed by atoms with Gasteiger partial charge in [0.25, 0.3) is 5.89 Å². The van der Waals surface area contributed by atoms with Crippen molar-refractivity contribution in [3.63, 3.8) is 0 Å². The van der Waals surface area contributed by atoms with Gasteiger partial charge in [0.15, 0.2) is 0 Å². The Balaban J connectivity index is 2.30. The molecule has 2 rings (SSSR count). The van der Waals surface area contributed by atoms with E-state index in [2.05, 4.69) is 25.1 Å². The summed E-state index contributed by atoms with van der Waals surface area (Å²) in [6, 6.07) is 0. The van der Waals surface area contributed by atoms with E-state index in [1.165, 1.54) is 0 Å². The summed E-state index contributed by atoms with van der Waals surface area (Å²) in [6.45, 7) is 3.99. The maximum absolute atomic E-state index is 5.52. The molecule has 0 radical (unpaired) electrons. The van der Waals surface area contributed by atoms with Gasteiger partial charge in [0.2, 0.25) is 17.3 Å². The van der Waals surface area contributed by atoms with E-state index >= 15 is 0 Å². The van der Waals surface area contributed by atoms with Crippen molar-refractivity contribution < 1.29 is 13.9 Å². The molecule has 1 atom stereocenters. The first kappa shape index (κ1) is 11.5. The van der Waals surface area contributed by atoms with Gasteiger partial charge in [0.1, 0.15) is 6.10 Å². The molecule has 0 aliphatic heterocycles. The second-order valence-corrected chi connectivity index (χ2v) is 3.86. The van der Waals surface area contributed by atoms with E-state index in [4.69, 9.17) is 15.0 Å². The number of aromatic nitrogens is 4. The topological polar surface area (TPSA) is 113 Å². The van der Waals surface area contributed by atoms with Crippen LogP contribution in [0.15, 0.2) is 9.15 Å². The van der Waals surface area contributed by atoms with Crippen molar-refractivity contribution in [2.45, 2.75) is 20.0 Å². The lowest BCUT2D eigenvalue weighted by Crippen LogP contribution is -2.10. The van der Waals surface area contributed by atoms with Crippen LogP contribution >= 0.6 is 0 Å². The molecule has 2 aromatic rings. The third-order valence-corrected chi connectivity index (χ3v) is 2.27. The molecule has 0 fully saturated rings. The van der Waals surface area contributed by atoms with Crippen molar-refractivity contribution in [2.24, 2.45) is 5.92 Å². The fourth-order valence-corrected chi connectivity index (χ4v) is 1.47. The number of rotatable bonds is 4. The highest BCUT2D eigenvalue weighted by atomic mass is 16.6. The summed E-state index contributed by atoms with van der Waals surface area (Å²) in [5.74, 6) is 0.943. The molecule has 0 amide bonds. The Bertz CT molecular complexity index is 492. The lowest BCUT2D eigenvalue weighted by atomic mass is 10.1. The molecule has 2 aromatic heterocycles. The number of hydrogen-bond acceptors (Lipinski definition) is 8. The van der Waals surface area contributed by atoms with Gasteiger partial charge in [0.05, 0.1) is 0 Å². The van der Waals surface area contributed by atoms with Gasteiger partial charge in [-0.25, -0.2) is 4.63 Å². The molecule has 0 bridgehead atoms. The zero-order valence-electron chi connectivity index (χ0n) is 9.75. The molecule has 8 nitrogen and oxygen atoms in total. The Morgan fingerprint density at radius 3 is 2.53 bits per heavy atom. The summed E-state index contributed by atoms with van der Waals surface area (Å²) >= 11 is 0. The number of nitrogen functional groups attached to an aromatic ring is 1. The summed E-state index contributed by atoms with van der Waals surface area (Å²) in [7, 11) is 1.59. The second-order valence-electron chi connectivity index (χ2n) is 3.86. The van der Waals surface area contributed by atoms with E-state index in [1.807, 2.05) is 13.8 Å². The number of nitrogens with two attached hydrogens (primary N) is 1. The first-order valence-corrected chi connectivity index (χ1v) is 5.08. The van der Waals surface area contributed by atoms with Crippen LogP contribution in [0.4, 0.5) is 5.82 Å². The van der Waals surface area contributed by atoms with Crippen molar-refractivity contribution >= 4 is 5.82 Å². The van der Waals surface area contributed by atoms with Crippen molar-refractivity contribution in [1.82, 2.24) is 20.5 Å². The maximum Gasteiger partial charge on any atom is 0.284 e. The molecular formula is C9H13N5O3. The number of methoxy groups -OCH3 is 1. The molecule has 2 heterocycles. The van der Waals surface area contributed by atoms with Crippen LogP contribution in [0.3, 0.4) is 0 Å². The van der Waals surface area contributed by atoms with Crippen LogP contribution in [0.25, 0.3) is 11.6 Å². The van der Waals surface area contributed by atoms with Gasteiger partial charge < -0.3 is 15.0 Å². The maximum atomic E-state index is 5.52. The molecule has 0 aliphatic carbocycles. The molecular weight excluding hydrogens is 226 g/mol. The number of anilines is 1. The SMILES string of the molecule is COC(c1noc(-c2nonc2N)n1)C(C)C. The van der Waals surface area contributed by atoms with E-state index in [0.29, 0.717) is 5.82 Å². The second kappa shape index (κ2) is 4.50. The average Bonchev–Trinajstić information content (AvgIpc) is 2.87. The average molecular weight is 239 g/mol. The molecule has 0 spiro atoms. The predicted molar refractivity (Wildman–Crippen MR) is 56.6 cm³/mol. The Morgan fingerprint density at radius 2 is 2.00 bits per heavy atom. The van der Waals surface area contributed by atoms with Crippen LogP contribution in [-0.4, -0.2) is 27.6 Å². The largest absolute Gasteiger partial charge is 0.379 e. The van der Waals surface area contributed by atoms with Crippen LogP contribution in [-0.2, 0) is 4.74 Å². The van der Waals surface area contributed by atoms with Gasteiger partial charge in [-0.1, -0.05) is 19.0 Å². The Kier molecular flexibility index (Phi) is 3.05. The van der Waals surface area contributed by atoms with E-state index in [-0.39, 0.29) is 29.4 Å². The molecule has 8 heteroatoms. The van der Waals surface area contributed by atoms with Crippen molar-refractivity contribution in [3.05, 3.63) is 5.82 Å². The first-order chi connectivity index (χ1) is 8.13. The Hall–Kier alpha value is -1.96. The Morgan fingerprint density at radius 1 is 1.24 bits per heavy atom. The summed E-state index contributed by atoms with van der Waals surface area (Å²) in [5.41, 5.74) is 5.76. The van der Waals surface area contributed by atoms with Gasteiger partial charge in [-0.15, -0.1) is 0 Å². The first-order valence-electron chi connectivity index (χ1n) is 5.08. The normalized spacial score (nSPS) is 13.2. The number of nitrogens with zero attached hydrogens (tertiary/aromatic N) is 4. The molecule has 0 saturated carbocycles. The molecule has 0 aliphatic rings. The van der Waals surface area contributed by atoms with Crippen molar-refractivity contribution in [2.75, 3.05) is 12.8 Å². The third-order valence-electron chi connectivity index (χ3n) is 2.27. The minimum atomic E-state index is -0.242. The van der Waals surface area contributed by atoms with Crippen LogP contribution < -0.4 is 5.73 Å². The van der Waals surface area contributed by atoms with Crippen LogP contribution in [0.2, 0.25) is 0 Å². The fourth-order valence-electron chi connectivity index (χ4n) is 1.47. The van der Waals surface area contributed by atoms with Crippen LogP contribution in [0.5, 0.6) is 0 Å². The molecule has 17 heavy (non-hydrogen) atoms. The van der Waals surface area contributed by atoms with E-state index in [0.717, 1.165) is 0 Å². The Labute approximate surface area is 97.1 Å². The summed E-state index contributed by atoms with van der Waals surface area (Å²) in [6.07, 6.45) is -0.242. The van der Waals surface area contributed by atoms with Gasteiger partial charge in [0, 0.05) is 7.11 Å². The van der Waals surface area contributed by atoms with Crippen LogP contribution in [0, 0.1) is 5.92 Å². The molecule has 2 N–H and O–H groups in total. The lowest BCUT2D eigenvalue weighted by molar-refractivity contribution is 0.0556. The predicted octanol–water partition coefficient (Wildman–Crippen LogP) is 1.05. The minimum Gasteiger partial charge on any atom is -0.379 e. The van der Waals surface area contributed by atoms with Crippen molar-refractivity contribution in [1.29, 1.82) is 0 Å². The summed E-state index contributed by atoms with van der Waals surface area (Å²) in [5, 5.41) is 10.8. The summed E-state index contributed by atoms with van der Waals surface area (Å²) < 4.78 is 14.8. The van der Waals surface area contributed by atoms with Crippen molar-refractivity contribution in [3.8, 4) is 11.6 Å². The van der Waals surface area contributed by atoms with E-state index < -0.39 is 0 Å². The highest BCUT2D eigenvalue weighted by Crippen LogP contribution is 2.26. The highest BCUT2D eigenvalue weighted by molar-refractivity contribution is 5.60. The van der Waals surface area contributed by atoms with Gasteiger partial charge in [-0.3, -0.25) is 0 Å². The molecule has 1 unspecified atom stereocenters. The highest BCUT2D eigenvalue weighted by Gasteiger charge is 2.24. The molecule has 92 valence electrons. The standard InChI is InChI=1S/C9H13N5O3/c1-4(2)6(15-3)8-11-9(16-14-8)5-7(10)13-17-12-5/h4,6H,1-3H3,(H2,10,13). The smallest absolute Gasteiger partial charge is 0.284 e. The number of ether oxygens (including phenoxy) is 1. The minimum absolute atomic E-state index is 0.110. The van der Waals surface area contributed by atoms with E-state index in [9.17, 15) is 0 Å². The van der Waals surface area contributed by atoms with E-state index in [1.54, 1.807) is 7.11 Å². The van der Waals surface area contributed by atoms with Gasteiger partial charge in [-0.05, 0) is 16.2 Å². The monoisotopic (exact) mass is 239 g/mol. The molecule has 0 aromatic carbocycles. The third kappa shape index (κ3) is 2.11. The number of hydrogen-bond donors (Lipinski definition) is 1. The zero-order valence-corrected chi connectivity index (χ0v) is 9.75. The van der Waals surface area contributed by atoms with Gasteiger partial charge in [-0.2, -0.15) is 4.98 Å². The molecule has 0 saturated heterocycles. The quantitative estimate of drug-likeness (QED) is 0.841. The van der Waals surface area contributed by atoms with Crippen LogP contribution in [0.1, 0.15) is 25.8 Å².